The van der Waals surface area contributed by atoms with Gasteiger partial charge in [0.2, 0.25) is 0 Å². The summed E-state index contributed by atoms with van der Waals surface area (Å²) in [7, 11) is 0. The van der Waals surface area contributed by atoms with Crippen molar-refractivity contribution < 1.29 is 4.58 Å². The quantitative estimate of drug-likeness (QED) is 0.650. The molecule has 1 atom stereocenters. The van der Waals surface area contributed by atoms with Gasteiger partial charge in [0.15, 0.2) is 12.3 Å². The zero-order chi connectivity index (χ0) is 16.9. The first kappa shape index (κ1) is 16.7. The Kier molecular flexibility index (Phi) is 5.30. The summed E-state index contributed by atoms with van der Waals surface area (Å²) in [5, 5.41) is 0. The Balaban J connectivity index is 2.16. The van der Waals surface area contributed by atoms with E-state index >= 15 is 0 Å². The second kappa shape index (κ2) is 7.61. The van der Waals surface area contributed by atoms with Crippen LogP contribution >= 0.6 is 0 Å². The van der Waals surface area contributed by atoms with E-state index in [1.54, 1.807) is 0 Å². The molecule has 1 heteroatoms. The first-order chi connectivity index (χ1) is 11.7. The molecule has 0 fully saturated rings. The maximum atomic E-state index is 2.54. The fraction of sp³-hybridized carbons (Fsp3) is 0.348. The van der Waals surface area contributed by atoms with Gasteiger partial charge in [-0.3, -0.25) is 0 Å². The van der Waals surface area contributed by atoms with E-state index in [0.29, 0.717) is 12.0 Å². The number of fused-ring (bicyclic) bond motifs is 1. The molecule has 1 nitrogen and oxygen atoms in total. The van der Waals surface area contributed by atoms with Gasteiger partial charge >= 0.3 is 0 Å². The molecular formula is C23H28N+. The number of benzene rings is 2. The fourth-order valence-electron chi connectivity index (χ4n) is 3.48. The van der Waals surface area contributed by atoms with Crippen LogP contribution in [0.4, 0.5) is 0 Å². The number of rotatable bonds is 5. The van der Waals surface area contributed by atoms with Crippen LogP contribution < -0.4 is 0 Å². The smallest absolute Gasteiger partial charge is 0.174 e. The molecule has 0 aliphatic carbocycles. The molecule has 24 heavy (non-hydrogen) atoms. The van der Waals surface area contributed by atoms with Gasteiger partial charge < -0.3 is 0 Å². The largest absolute Gasteiger partial charge is 0.229 e. The maximum Gasteiger partial charge on any atom is 0.174 e. The van der Waals surface area contributed by atoms with Gasteiger partial charge in [-0.1, -0.05) is 75.7 Å². The van der Waals surface area contributed by atoms with Crippen LogP contribution in [0.1, 0.15) is 50.3 Å². The molecule has 0 N–H and O–H groups in total. The van der Waals surface area contributed by atoms with Crippen LogP contribution in [0, 0.1) is 5.92 Å². The monoisotopic (exact) mass is 318 g/mol. The average Bonchev–Trinajstić information content (AvgIpc) is 2.77. The molecule has 0 amide bonds. The molecule has 2 aromatic carbocycles. The third-order valence-electron chi connectivity index (χ3n) is 4.81. The molecule has 0 spiro atoms. The van der Waals surface area contributed by atoms with Crippen molar-refractivity contribution in [3.63, 3.8) is 0 Å². The van der Waals surface area contributed by atoms with Crippen LogP contribution in [0.5, 0.6) is 0 Å². The summed E-state index contributed by atoms with van der Waals surface area (Å²) < 4.78 is 2.54. The van der Waals surface area contributed by atoms with Crippen molar-refractivity contribution in [2.24, 2.45) is 5.92 Å². The van der Waals surface area contributed by atoms with E-state index in [2.05, 4.69) is 92.2 Å². The molecule has 1 heterocycles. The van der Waals surface area contributed by atoms with Crippen molar-refractivity contribution in [2.45, 2.75) is 39.7 Å². The summed E-state index contributed by atoms with van der Waals surface area (Å²) in [6.45, 7) is 8.03. The number of hydrogen-bond acceptors (Lipinski definition) is 0. The van der Waals surface area contributed by atoms with Crippen LogP contribution in [0.3, 0.4) is 0 Å². The van der Waals surface area contributed by atoms with Crippen molar-refractivity contribution in [1.82, 2.24) is 0 Å². The Bertz CT molecular complexity index is 738. The number of unbranched alkanes of at least 4 members (excludes halogenated alkanes) is 1. The Morgan fingerprint density at radius 2 is 1.67 bits per heavy atom. The molecule has 3 rings (SSSR count). The first-order valence-corrected chi connectivity index (χ1v) is 9.18. The molecule has 0 saturated heterocycles. The van der Waals surface area contributed by atoms with Crippen molar-refractivity contribution in [3.8, 4) is 0 Å². The lowest BCUT2D eigenvalue weighted by atomic mass is 9.92. The Hall–Kier alpha value is -2.15. The zero-order valence-electron chi connectivity index (χ0n) is 15.1. The summed E-state index contributed by atoms with van der Waals surface area (Å²) in [5.74, 6) is 0.575. The molecular weight excluding hydrogens is 290 g/mol. The van der Waals surface area contributed by atoms with Gasteiger partial charge in [-0.05, 0) is 28.8 Å². The average molecular weight is 318 g/mol. The van der Waals surface area contributed by atoms with Gasteiger partial charge in [0.1, 0.15) is 6.54 Å². The van der Waals surface area contributed by atoms with Crippen LogP contribution in [0.15, 0.2) is 60.7 Å². The predicted octanol–water partition coefficient (Wildman–Crippen LogP) is 5.39. The Labute approximate surface area is 146 Å². The second-order valence-electron chi connectivity index (χ2n) is 6.99. The molecule has 1 aliphatic rings. The van der Waals surface area contributed by atoms with Crippen molar-refractivity contribution in [2.75, 3.05) is 6.54 Å². The van der Waals surface area contributed by atoms with Crippen LogP contribution in [0.25, 0.3) is 5.57 Å². The van der Waals surface area contributed by atoms with Gasteiger partial charge in [0, 0.05) is 17.9 Å². The highest BCUT2D eigenvalue weighted by molar-refractivity contribution is 5.92. The maximum absolute atomic E-state index is 2.54. The summed E-state index contributed by atoms with van der Waals surface area (Å²) in [4.78, 5) is 0. The molecule has 124 valence electrons. The predicted molar refractivity (Wildman–Crippen MR) is 104 cm³/mol. The molecule has 0 radical (unpaired) electrons. The standard InChI is InChI=1S/C23H28N/c1-4-5-15-24-17-20-13-9-10-14-21(20)22(16-23(24)18(2)3)19-11-7-6-8-12-19/h6-14,16-18,23H,4-5,15H2,1-3H3/q+1. The molecule has 1 aliphatic heterocycles. The fourth-order valence-corrected chi connectivity index (χ4v) is 3.48. The molecule has 1 unspecified atom stereocenters. The van der Waals surface area contributed by atoms with Crippen LogP contribution in [-0.4, -0.2) is 23.4 Å². The highest BCUT2D eigenvalue weighted by Gasteiger charge is 2.27. The third kappa shape index (κ3) is 3.51. The topological polar surface area (TPSA) is 3.01 Å². The van der Waals surface area contributed by atoms with Gasteiger partial charge in [-0.2, -0.15) is 0 Å². The zero-order valence-corrected chi connectivity index (χ0v) is 15.1. The summed E-state index contributed by atoms with van der Waals surface area (Å²) in [6, 6.07) is 20.0. The van der Waals surface area contributed by atoms with Crippen molar-refractivity contribution >= 4 is 11.8 Å². The minimum absolute atomic E-state index is 0.430. The summed E-state index contributed by atoms with van der Waals surface area (Å²) in [5.41, 5.74) is 5.33. The molecule has 2 aromatic rings. The minimum Gasteiger partial charge on any atom is -0.229 e. The lowest BCUT2D eigenvalue weighted by Gasteiger charge is -2.16. The minimum atomic E-state index is 0.430. The van der Waals surface area contributed by atoms with E-state index in [0.717, 1.165) is 6.54 Å². The van der Waals surface area contributed by atoms with Crippen LogP contribution in [-0.2, 0) is 0 Å². The van der Waals surface area contributed by atoms with E-state index in [-0.39, 0.29) is 0 Å². The highest BCUT2D eigenvalue weighted by Crippen LogP contribution is 2.30. The molecule has 0 aromatic heterocycles. The lowest BCUT2D eigenvalue weighted by Crippen LogP contribution is -2.31. The van der Waals surface area contributed by atoms with E-state index in [1.807, 2.05) is 0 Å². The van der Waals surface area contributed by atoms with Crippen molar-refractivity contribution in [1.29, 1.82) is 0 Å². The summed E-state index contributed by atoms with van der Waals surface area (Å²) in [6.07, 6.45) is 7.32. The van der Waals surface area contributed by atoms with Crippen molar-refractivity contribution in [3.05, 3.63) is 77.4 Å². The third-order valence-corrected chi connectivity index (χ3v) is 4.81. The van der Waals surface area contributed by atoms with Gasteiger partial charge in [0.05, 0.1) is 0 Å². The normalized spacial score (nSPS) is 17.1. The second-order valence-corrected chi connectivity index (χ2v) is 6.99. The number of hydrogen-bond donors (Lipinski definition) is 0. The highest BCUT2D eigenvalue weighted by atomic mass is 15.0. The molecule has 0 saturated carbocycles. The van der Waals surface area contributed by atoms with E-state index < -0.39 is 0 Å². The Morgan fingerprint density at radius 3 is 2.38 bits per heavy atom. The van der Waals surface area contributed by atoms with Gasteiger partial charge in [0.25, 0.3) is 0 Å². The van der Waals surface area contributed by atoms with Gasteiger partial charge in [-0.25, -0.2) is 4.58 Å². The summed E-state index contributed by atoms with van der Waals surface area (Å²) >= 11 is 0. The first-order valence-electron chi connectivity index (χ1n) is 9.18. The van der Waals surface area contributed by atoms with Gasteiger partial charge in [-0.15, -0.1) is 0 Å². The lowest BCUT2D eigenvalue weighted by molar-refractivity contribution is -0.557. The van der Waals surface area contributed by atoms with E-state index in [1.165, 1.54) is 35.1 Å². The number of nitrogens with zero attached hydrogens (tertiary/aromatic N) is 1. The van der Waals surface area contributed by atoms with E-state index in [4.69, 9.17) is 0 Å². The Morgan fingerprint density at radius 1 is 0.958 bits per heavy atom. The SMILES string of the molecule is CCCC[N+]1=Cc2ccccc2C(c2ccccc2)=CC1C(C)C. The van der Waals surface area contributed by atoms with Crippen LogP contribution in [0.2, 0.25) is 0 Å². The molecule has 0 bridgehead atoms. The van der Waals surface area contributed by atoms with E-state index in [9.17, 15) is 0 Å².